The summed E-state index contributed by atoms with van der Waals surface area (Å²) in [7, 11) is 1.74. The summed E-state index contributed by atoms with van der Waals surface area (Å²) in [5.41, 5.74) is 0.770. The van der Waals surface area contributed by atoms with Crippen molar-refractivity contribution in [1.29, 1.82) is 0 Å². The molecule has 1 aromatic heterocycles. The number of aromatic nitrogens is 2. The molecule has 6 heteroatoms. The molecule has 0 aliphatic rings. The van der Waals surface area contributed by atoms with E-state index in [1.54, 1.807) is 18.7 Å². The van der Waals surface area contributed by atoms with Gasteiger partial charge in [-0.05, 0) is 19.8 Å². The Morgan fingerprint density at radius 2 is 2.11 bits per heavy atom. The summed E-state index contributed by atoms with van der Waals surface area (Å²) in [6.45, 7) is 5.98. The predicted molar refractivity (Wildman–Crippen MR) is 73.7 cm³/mol. The van der Waals surface area contributed by atoms with Crippen LogP contribution in [0.25, 0.3) is 0 Å². The van der Waals surface area contributed by atoms with E-state index in [1.165, 1.54) is 0 Å². The van der Waals surface area contributed by atoms with Crippen molar-refractivity contribution < 1.29 is 14.6 Å². The van der Waals surface area contributed by atoms with Crippen LogP contribution in [-0.4, -0.2) is 40.6 Å². The highest BCUT2D eigenvalue weighted by Gasteiger charge is 2.18. The summed E-state index contributed by atoms with van der Waals surface area (Å²) >= 11 is 0. The normalized spacial score (nSPS) is 10.7. The monoisotopic (exact) mass is 269 g/mol. The van der Waals surface area contributed by atoms with Crippen LogP contribution >= 0.6 is 0 Å². The first kappa shape index (κ1) is 15.5. The Hall–Kier alpha value is -1.56. The van der Waals surface area contributed by atoms with E-state index in [1.807, 2.05) is 0 Å². The third-order valence-electron chi connectivity index (χ3n) is 2.84. The molecule has 0 aromatic carbocycles. The van der Waals surface area contributed by atoms with E-state index >= 15 is 0 Å². The molecule has 0 radical (unpaired) electrons. The quantitative estimate of drug-likeness (QED) is 0.671. The van der Waals surface area contributed by atoms with Crippen molar-refractivity contribution in [2.75, 3.05) is 25.1 Å². The van der Waals surface area contributed by atoms with Crippen LogP contribution in [0.5, 0.6) is 0 Å². The minimum atomic E-state index is -0.952. The molecule has 6 nitrogen and oxygen atoms in total. The Balaban J connectivity index is 2.39. The molecule has 0 aliphatic carbocycles. The van der Waals surface area contributed by atoms with Crippen molar-refractivity contribution in [2.45, 2.75) is 33.1 Å². The minimum absolute atomic E-state index is 0.245. The van der Waals surface area contributed by atoms with Crippen LogP contribution in [0.2, 0.25) is 0 Å². The van der Waals surface area contributed by atoms with E-state index in [0.717, 1.165) is 25.9 Å². The third-order valence-corrected chi connectivity index (χ3v) is 2.84. The van der Waals surface area contributed by atoms with Crippen LogP contribution in [0, 0.1) is 6.92 Å². The third kappa shape index (κ3) is 4.55. The van der Waals surface area contributed by atoms with Gasteiger partial charge in [-0.15, -0.1) is 0 Å². The van der Waals surface area contributed by atoms with E-state index < -0.39 is 5.97 Å². The highest BCUT2D eigenvalue weighted by molar-refractivity contribution is 5.94. The van der Waals surface area contributed by atoms with Crippen LogP contribution in [0.15, 0.2) is 0 Å². The Morgan fingerprint density at radius 3 is 2.74 bits per heavy atom. The number of carboxylic acid groups (broad SMARTS) is 1. The largest absolute Gasteiger partial charge is 0.477 e. The van der Waals surface area contributed by atoms with Crippen molar-refractivity contribution in [3.05, 3.63) is 11.3 Å². The molecule has 0 saturated heterocycles. The number of ether oxygens (including phenoxy) is 1. The van der Waals surface area contributed by atoms with Crippen LogP contribution in [0.4, 0.5) is 5.82 Å². The lowest BCUT2D eigenvalue weighted by Crippen LogP contribution is -2.12. The van der Waals surface area contributed by atoms with Crippen LogP contribution in [-0.2, 0) is 11.8 Å². The number of anilines is 1. The molecule has 1 rings (SSSR count). The maximum absolute atomic E-state index is 11.1. The molecule has 1 aromatic rings. The fraction of sp³-hybridized carbons (Fsp3) is 0.692. The lowest BCUT2D eigenvalue weighted by Gasteiger charge is -2.08. The molecular formula is C13H23N3O3. The first-order chi connectivity index (χ1) is 9.07. The number of aromatic carboxylic acids is 1. The van der Waals surface area contributed by atoms with Gasteiger partial charge in [0.1, 0.15) is 11.4 Å². The number of rotatable bonds is 9. The topological polar surface area (TPSA) is 76.4 Å². The van der Waals surface area contributed by atoms with Crippen LogP contribution in [0.1, 0.15) is 42.2 Å². The minimum Gasteiger partial charge on any atom is -0.477 e. The van der Waals surface area contributed by atoms with Crippen molar-refractivity contribution in [2.24, 2.45) is 7.05 Å². The second-order valence-electron chi connectivity index (χ2n) is 4.48. The number of nitrogens with zero attached hydrogens (tertiary/aromatic N) is 2. The Kier molecular flexibility index (Phi) is 6.35. The molecule has 0 amide bonds. The van der Waals surface area contributed by atoms with Gasteiger partial charge in [0.15, 0.2) is 0 Å². The molecule has 1 heterocycles. The van der Waals surface area contributed by atoms with Gasteiger partial charge in [-0.2, -0.15) is 5.10 Å². The highest BCUT2D eigenvalue weighted by atomic mass is 16.5. The molecule has 0 atom stereocenters. The molecule has 0 spiro atoms. The molecule has 108 valence electrons. The number of unbranched alkanes of at least 4 members (excludes halogenated alkanes) is 1. The van der Waals surface area contributed by atoms with E-state index in [-0.39, 0.29) is 5.56 Å². The van der Waals surface area contributed by atoms with E-state index in [9.17, 15) is 4.79 Å². The van der Waals surface area contributed by atoms with Gasteiger partial charge in [0, 0.05) is 26.8 Å². The molecule has 2 N–H and O–H groups in total. The smallest absolute Gasteiger partial charge is 0.341 e. The van der Waals surface area contributed by atoms with E-state index in [2.05, 4.69) is 17.3 Å². The van der Waals surface area contributed by atoms with Crippen molar-refractivity contribution >= 4 is 11.8 Å². The number of hydrogen-bond donors (Lipinski definition) is 2. The number of carbonyl (C=O) groups is 1. The summed E-state index contributed by atoms with van der Waals surface area (Å²) in [6, 6.07) is 0. The maximum Gasteiger partial charge on any atom is 0.341 e. The average Bonchev–Trinajstić information content (AvgIpc) is 2.63. The SMILES string of the molecule is CCCCOCCCNc1c(C(=O)O)c(C)nn1C. The lowest BCUT2D eigenvalue weighted by molar-refractivity contribution is 0.0697. The predicted octanol–water partition coefficient (Wildman–Crippen LogP) is 2.05. The molecule has 0 bridgehead atoms. The number of aryl methyl sites for hydroxylation is 2. The zero-order valence-electron chi connectivity index (χ0n) is 11.9. The van der Waals surface area contributed by atoms with Crippen molar-refractivity contribution in [3.8, 4) is 0 Å². The molecule has 0 aliphatic heterocycles. The fourth-order valence-electron chi connectivity index (χ4n) is 1.85. The molecule has 0 fully saturated rings. The zero-order valence-corrected chi connectivity index (χ0v) is 11.9. The first-order valence-corrected chi connectivity index (χ1v) is 6.66. The van der Waals surface area contributed by atoms with Gasteiger partial charge in [0.05, 0.1) is 5.69 Å². The number of nitrogens with one attached hydrogen (secondary N) is 1. The highest BCUT2D eigenvalue weighted by Crippen LogP contribution is 2.18. The average molecular weight is 269 g/mol. The molecule has 0 saturated carbocycles. The van der Waals surface area contributed by atoms with Gasteiger partial charge in [0.25, 0.3) is 0 Å². The van der Waals surface area contributed by atoms with E-state index in [4.69, 9.17) is 9.84 Å². The van der Waals surface area contributed by atoms with Gasteiger partial charge < -0.3 is 15.2 Å². The zero-order chi connectivity index (χ0) is 14.3. The Bertz CT molecular complexity index is 416. The summed E-state index contributed by atoms with van der Waals surface area (Å²) in [5, 5.41) is 16.4. The fourth-order valence-corrected chi connectivity index (χ4v) is 1.85. The molecule has 19 heavy (non-hydrogen) atoms. The molecule has 0 unspecified atom stereocenters. The van der Waals surface area contributed by atoms with Crippen LogP contribution in [0.3, 0.4) is 0 Å². The van der Waals surface area contributed by atoms with Gasteiger partial charge in [0.2, 0.25) is 0 Å². The first-order valence-electron chi connectivity index (χ1n) is 6.66. The summed E-state index contributed by atoms with van der Waals surface area (Å²) in [6.07, 6.45) is 3.05. The summed E-state index contributed by atoms with van der Waals surface area (Å²) in [5.74, 6) is -0.397. The van der Waals surface area contributed by atoms with Gasteiger partial charge >= 0.3 is 5.97 Å². The summed E-state index contributed by atoms with van der Waals surface area (Å²) < 4.78 is 7.01. The lowest BCUT2D eigenvalue weighted by atomic mass is 10.2. The van der Waals surface area contributed by atoms with Crippen molar-refractivity contribution in [1.82, 2.24) is 9.78 Å². The molecular weight excluding hydrogens is 246 g/mol. The Morgan fingerprint density at radius 1 is 1.42 bits per heavy atom. The second kappa shape index (κ2) is 7.78. The number of carboxylic acids is 1. The Labute approximate surface area is 113 Å². The second-order valence-corrected chi connectivity index (χ2v) is 4.48. The number of hydrogen-bond acceptors (Lipinski definition) is 4. The van der Waals surface area contributed by atoms with Gasteiger partial charge in [-0.1, -0.05) is 13.3 Å². The van der Waals surface area contributed by atoms with Gasteiger partial charge in [-0.25, -0.2) is 4.79 Å². The van der Waals surface area contributed by atoms with Crippen LogP contribution < -0.4 is 5.32 Å². The maximum atomic E-state index is 11.1. The van der Waals surface area contributed by atoms with Crippen molar-refractivity contribution in [3.63, 3.8) is 0 Å². The standard InChI is InChI=1S/C13H23N3O3/c1-4-5-8-19-9-6-7-14-12-11(13(17)18)10(2)15-16(12)3/h14H,4-9H2,1-3H3,(H,17,18). The summed E-state index contributed by atoms with van der Waals surface area (Å²) in [4.78, 5) is 11.1. The van der Waals surface area contributed by atoms with E-state index in [0.29, 0.717) is 24.7 Å². The van der Waals surface area contributed by atoms with Gasteiger partial charge in [-0.3, -0.25) is 4.68 Å².